The number of allylic oxidation sites excluding steroid dienone is 1. The summed E-state index contributed by atoms with van der Waals surface area (Å²) in [6, 6.07) is 9.28. The summed E-state index contributed by atoms with van der Waals surface area (Å²) in [5.41, 5.74) is 0.0923. The molecule has 2 aliphatic rings. The van der Waals surface area contributed by atoms with E-state index in [2.05, 4.69) is 12.2 Å². The van der Waals surface area contributed by atoms with Gasteiger partial charge in [0, 0.05) is 18.5 Å². The monoisotopic (exact) mass is 269 g/mol. The van der Waals surface area contributed by atoms with Crippen molar-refractivity contribution in [3.8, 4) is 0 Å². The average molecular weight is 269 g/mol. The van der Waals surface area contributed by atoms with E-state index in [1.54, 1.807) is 0 Å². The highest BCUT2D eigenvalue weighted by Gasteiger charge is 2.48. The smallest absolute Gasteiger partial charge is 0.254 e. The number of hydrogen-bond acceptors (Lipinski definition) is 2. The predicted octanol–water partition coefficient (Wildman–Crippen LogP) is 2.97. The summed E-state index contributed by atoms with van der Waals surface area (Å²) in [6.07, 6.45) is 7.87. The van der Waals surface area contributed by atoms with Gasteiger partial charge in [0.1, 0.15) is 5.54 Å². The predicted molar refractivity (Wildman–Crippen MR) is 77.4 cm³/mol. The lowest BCUT2D eigenvalue weighted by molar-refractivity contribution is -0.128. The fourth-order valence-corrected chi connectivity index (χ4v) is 3.37. The minimum absolute atomic E-state index is 0.00764. The van der Waals surface area contributed by atoms with Gasteiger partial charge in [-0.25, -0.2) is 0 Å². The number of nitrogens with zero attached hydrogens (tertiary/aromatic N) is 1. The highest BCUT2D eigenvalue weighted by Crippen LogP contribution is 2.37. The molecule has 1 spiro atoms. The third kappa shape index (κ3) is 2.07. The molecular formula is C17H19NO2. The number of benzene rings is 1. The van der Waals surface area contributed by atoms with E-state index in [1.165, 1.54) is 0 Å². The maximum Gasteiger partial charge on any atom is 0.254 e. The molecule has 1 amide bonds. The average Bonchev–Trinajstić information content (AvgIpc) is 2.82. The van der Waals surface area contributed by atoms with E-state index in [0.29, 0.717) is 24.9 Å². The molecule has 3 heteroatoms. The van der Waals surface area contributed by atoms with Crippen molar-refractivity contribution >= 4 is 11.7 Å². The maximum absolute atomic E-state index is 12.7. The molecule has 0 bridgehead atoms. The molecule has 1 aromatic rings. The van der Waals surface area contributed by atoms with Crippen molar-refractivity contribution in [3.05, 3.63) is 48.0 Å². The molecular weight excluding hydrogens is 250 g/mol. The Balaban J connectivity index is 1.94. The van der Waals surface area contributed by atoms with E-state index in [4.69, 9.17) is 0 Å². The van der Waals surface area contributed by atoms with Crippen LogP contribution in [0.1, 0.15) is 42.5 Å². The SMILES string of the molecule is O=C(c1ccccc1)N1CCCC12CC=CCCC2=O. The first-order valence-electron chi connectivity index (χ1n) is 7.29. The largest absolute Gasteiger partial charge is 0.326 e. The molecule has 1 fully saturated rings. The van der Waals surface area contributed by atoms with Crippen LogP contribution in [0.2, 0.25) is 0 Å². The Labute approximate surface area is 119 Å². The van der Waals surface area contributed by atoms with Gasteiger partial charge in [-0.2, -0.15) is 0 Å². The van der Waals surface area contributed by atoms with Gasteiger partial charge in [0.05, 0.1) is 0 Å². The van der Waals surface area contributed by atoms with E-state index >= 15 is 0 Å². The second-order valence-corrected chi connectivity index (χ2v) is 5.60. The van der Waals surface area contributed by atoms with Crippen molar-refractivity contribution in [2.45, 2.75) is 37.6 Å². The quantitative estimate of drug-likeness (QED) is 0.735. The summed E-state index contributed by atoms with van der Waals surface area (Å²) in [5.74, 6) is 0.219. The van der Waals surface area contributed by atoms with Crippen molar-refractivity contribution in [1.82, 2.24) is 4.90 Å². The number of rotatable bonds is 1. The maximum atomic E-state index is 12.7. The highest BCUT2D eigenvalue weighted by atomic mass is 16.2. The molecule has 104 valence electrons. The van der Waals surface area contributed by atoms with Crippen molar-refractivity contribution < 1.29 is 9.59 Å². The van der Waals surface area contributed by atoms with E-state index in [0.717, 1.165) is 19.3 Å². The fraction of sp³-hybridized carbons (Fsp3) is 0.412. The van der Waals surface area contributed by atoms with Crippen molar-refractivity contribution in [2.75, 3.05) is 6.54 Å². The molecule has 1 saturated heterocycles. The minimum atomic E-state index is -0.583. The number of ketones is 1. The molecule has 1 aliphatic carbocycles. The van der Waals surface area contributed by atoms with Crippen LogP contribution in [-0.2, 0) is 4.79 Å². The van der Waals surface area contributed by atoms with E-state index in [9.17, 15) is 9.59 Å². The van der Waals surface area contributed by atoms with Crippen LogP contribution in [0.4, 0.5) is 0 Å². The Morgan fingerprint density at radius 3 is 2.75 bits per heavy atom. The zero-order chi connectivity index (χ0) is 14.0. The van der Waals surface area contributed by atoms with E-state index in [-0.39, 0.29) is 11.7 Å². The summed E-state index contributed by atoms with van der Waals surface area (Å²) in [6.45, 7) is 0.688. The molecule has 1 unspecified atom stereocenters. The van der Waals surface area contributed by atoms with E-state index in [1.807, 2.05) is 35.2 Å². The molecule has 3 nitrogen and oxygen atoms in total. The van der Waals surface area contributed by atoms with Gasteiger partial charge in [-0.05, 0) is 37.8 Å². The van der Waals surface area contributed by atoms with Gasteiger partial charge in [0.15, 0.2) is 5.78 Å². The molecule has 0 radical (unpaired) electrons. The Bertz CT molecular complexity index is 549. The topological polar surface area (TPSA) is 37.4 Å². The van der Waals surface area contributed by atoms with Crippen LogP contribution >= 0.6 is 0 Å². The van der Waals surface area contributed by atoms with Crippen LogP contribution in [0, 0.1) is 0 Å². The van der Waals surface area contributed by atoms with Gasteiger partial charge in [0.25, 0.3) is 5.91 Å². The van der Waals surface area contributed by atoms with Gasteiger partial charge < -0.3 is 4.90 Å². The number of carbonyl (C=O) groups excluding carboxylic acids is 2. The molecule has 0 aromatic heterocycles. The molecule has 1 heterocycles. The number of carbonyl (C=O) groups is 2. The lowest BCUT2D eigenvalue weighted by atomic mass is 9.86. The molecule has 3 rings (SSSR count). The number of amides is 1. The lowest BCUT2D eigenvalue weighted by Crippen LogP contribution is -2.52. The first-order valence-corrected chi connectivity index (χ1v) is 7.29. The molecule has 20 heavy (non-hydrogen) atoms. The zero-order valence-corrected chi connectivity index (χ0v) is 11.5. The van der Waals surface area contributed by atoms with Crippen molar-refractivity contribution in [1.29, 1.82) is 0 Å². The van der Waals surface area contributed by atoms with Gasteiger partial charge in [-0.15, -0.1) is 0 Å². The van der Waals surface area contributed by atoms with Crippen LogP contribution in [0.25, 0.3) is 0 Å². The van der Waals surface area contributed by atoms with Crippen LogP contribution in [0.15, 0.2) is 42.5 Å². The third-order valence-electron chi connectivity index (χ3n) is 4.43. The Morgan fingerprint density at radius 1 is 1.15 bits per heavy atom. The van der Waals surface area contributed by atoms with Crippen molar-refractivity contribution in [3.63, 3.8) is 0 Å². The molecule has 0 N–H and O–H groups in total. The van der Waals surface area contributed by atoms with Gasteiger partial charge >= 0.3 is 0 Å². The van der Waals surface area contributed by atoms with Gasteiger partial charge in [0.2, 0.25) is 0 Å². The van der Waals surface area contributed by atoms with Crippen molar-refractivity contribution in [2.24, 2.45) is 0 Å². The summed E-state index contributed by atoms with van der Waals surface area (Å²) >= 11 is 0. The summed E-state index contributed by atoms with van der Waals surface area (Å²) in [4.78, 5) is 27.1. The highest BCUT2D eigenvalue weighted by molar-refractivity contribution is 6.00. The van der Waals surface area contributed by atoms with E-state index < -0.39 is 5.54 Å². The number of Topliss-reactive ketones (excluding diaryl/α,β-unsaturated/α-hetero) is 1. The number of likely N-dealkylation sites (tertiary alicyclic amines) is 1. The second-order valence-electron chi connectivity index (χ2n) is 5.60. The molecule has 1 aliphatic heterocycles. The van der Waals surface area contributed by atoms with Gasteiger partial charge in [-0.3, -0.25) is 9.59 Å². The first-order chi connectivity index (χ1) is 9.74. The summed E-state index contributed by atoms with van der Waals surface area (Å²) in [5, 5.41) is 0. The lowest BCUT2D eigenvalue weighted by Gasteiger charge is -2.36. The minimum Gasteiger partial charge on any atom is -0.326 e. The Kier molecular flexibility index (Phi) is 3.43. The molecule has 0 saturated carbocycles. The zero-order valence-electron chi connectivity index (χ0n) is 11.5. The van der Waals surface area contributed by atoms with Crippen LogP contribution in [0.5, 0.6) is 0 Å². The van der Waals surface area contributed by atoms with Crippen LogP contribution in [-0.4, -0.2) is 28.7 Å². The fourth-order valence-electron chi connectivity index (χ4n) is 3.37. The standard InChI is InChI=1S/C17H19NO2/c19-15-10-5-2-6-11-17(15)12-7-13-18(17)16(20)14-8-3-1-4-9-14/h1-4,6,8-9H,5,7,10-13H2. The molecule has 1 atom stereocenters. The summed E-state index contributed by atoms with van der Waals surface area (Å²) in [7, 11) is 0. The first kappa shape index (κ1) is 13.1. The Morgan fingerprint density at radius 2 is 1.95 bits per heavy atom. The molecule has 1 aromatic carbocycles. The summed E-state index contributed by atoms with van der Waals surface area (Å²) < 4.78 is 0. The number of hydrogen-bond donors (Lipinski definition) is 0. The van der Waals surface area contributed by atoms with Gasteiger partial charge in [-0.1, -0.05) is 30.4 Å². The van der Waals surface area contributed by atoms with Crippen LogP contribution < -0.4 is 0 Å². The second kappa shape index (κ2) is 5.23. The Hall–Kier alpha value is -1.90. The van der Waals surface area contributed by atoms with Crippen LogP contribution in [0.3, 0.4) is 0 Å². The third-order valence-corrected chi connectivity index (χ3v) is 4.43. The normalized spacial score (nSPS) is 26.0.